The minimum Gasteiger partial charge on any atom is -0.467 e. The topological polar surface area (TPSA) is 81.2 Å². The highest BCUT2D eigenvalue weighted by Gasteiger charge is 2.15. The zero-order valence-corrected chi connectivity index (χ0v) is 10.1. The number of nitrogens with zero attached hydrogens (tertiary/aromatic N) is 3. The Balaban J connectivity index is 2.07. The Kier molecular flexibility index (Phi) is 3.92. The Hall–Kier alpha value is -1.63. The van der Waals surface area contributed by atoms with Gasteiger partial charge in [-0.15, -0.1) is 0 Å². The summed E-state index contributed by atoms with van der Waals surface area (Å²) in [6.07, 6.45) is 2.11. The maximum atomic E-state index is 5.39. The second-order valence-electron chi connectivity index (χ2n) is 3.78. The predicted molar refractivity (Wildman–Crippen MR) is 63.4 cm³/mol. The summed E-state index contributed by atoms with van der Waals surface area (Å²) in [6.45, 7) is 1.52. The van der Waals surface area contributed by atoms with Crippen molar-refractivity contribution in [2.45, 2.75) is 18.9 Å². The Morgan fingerprint density at radius 3 is 2.76 bits per heavy atom. The van der Waals surface area contributed by atoms with Crippen LogP contribution in [-0.4, -0.2) is 48.4 Å². The summed E-state index contributed by atoms with van der Waals surface area (Å²) in [5.74, 6) is 0.993. The molecule has 7 nitrogen and oxygen atoms in total. The first-order valence-electron chi connectivity index (χ1n) is 5.64. The third kappa shape index (κ3) is 3.16. The van der Waals surface area contributed by atoms with Gasteiger partial charge in [0.25, 0.3) is 0 Å². The van der Waals surface area contributed by atoms with E-state index in [-0.39, 0.29) is 6.04 Å². The van der Waals surface area contributed by atoms with Crippen LogP contribution in [0.4, 0.5) is 11.9 Å². The molecule has 1 fully saturated rings. The number of aromatic nitrogens is 3. The van der Waals surface area contributed by atoms with Gasteiger partial charge in [-0.1, -0.05) is 0 Å². The van der Waals surface area contributed by atoms with Gasteiger partial charge in [-0.3, -0.25) is 0 Å². The summed E-state index contributed by atoms with van der Waals surface area (Å²) in [5.41, 5.74) is 0. The van der Waals surface area contributed by atoms with Gasteiger partial charge < -0.3 is 20.1 Å². The molecule has 2 rings (SSSR count). The molecule has 0 aromatic carbocycles. The van der Waals surface area contributed by atoms with E-state index in [4.69, 9.17) is 9.47 Å². The van der Waals surface area contributed by atoms with Gasteiger partial charge in [-0.25, -0.2) is 0 Å². The number of nitrogens with one attached hydrogen (secondary N) is 2. The van der Waals surface area contributed by atoms with Gasteiger partial charge in [0, 0.05) is 13.7 Å². The van der Waals surface area contributed by atoms with Gasteiger partial charge in [0.1, 0.15) is 0 Å². The first-order chi connectivity index (χ1) is 8.31. The molecular formula is C10H17N5O2. The molecule has 1 atom stereocenters. The monoisotopic (exact) mass is 239 g/mol. The Labute approximate surface area is 100.0 Å². The highest BCUT2D eigenvalue weighted by molar-refractivity contribution is 5.36. The van der Waals surface area contributed by atoms with Crippen LogP contribution in [0.2, 0.25) is 0 Å². The molecule has 1 unspecified atom stereocenters. The average molecular weight is 239 g/mol. The van der Waals surface area contributed by atoms with Crippen LogP contribution in [-0.2, 0) is 4.74 Å². The SMILES string of the molecule is CNc1nc(NC2CCCOC2)nc(OC)n1. The molecule has 94 valence electrons. The molecule has 0 amide bonds. The Bertz CT molecular complexity index is 345. The molecule has 0 saturated carbocycles. The van der Waals surface area contributed by atoms with Gasteiger partial charge in [0.15, 0.2) is 0 Å². The minimum absolute atomic E-state index is 0.251. The predicted octanol–water partition coefficient (Wildman–Crippen LogP) is 0.513. The van der Waals surface area contributed by atoms with Gasteiger partial charge in [-0.2, -0.15) is 15.0 Å². The summed E-state index contributed by atoms with van der Waals surface area (Å²) in [4.78, 5) is 12.4. The maximum absolute atomic E-state index is 5.39. The molecule has 1 aliphatic rings. The number of hydrogen-bond donors (Lipinski definition) is 2. The van der Waals surface area contributed by atoms with Crippen molar-refractivity contribution in [1.82, 2.24) is 15.0 Å². The van der Waals surface area contributed by atoms with Crippen molar-refractivity contribution in [2.75, 3.05) is 38.0 Å². The quantitative estimate of drug-likeness (QED) is 0.792. The molecule has 2 N–H and O–H groups in total. The van der Waals surface area contributed by atoms with Crippen molar-refractivity contribution in [3.8, 4) is 6.01 Å². The van der Waals surface area contributed by atoms with Gasteiger partial charge in [0.05, 0.1) is 19.8 Å². The Morgan fingerprint density at radius 2 is 2.12 bits per heavy atom. The molecule has 0 aliphatic carbocycles. The van der Waals surface area contributed by atoms with Crippen LogP contribution in [0.25, 0.3) is 0 Å². The second-order valence-corrected chi connectivity index (χ2v) is 3.78. The van der Waals surface area contributed by atoms with Gasteiger partial charge in [0.2, 0.25) is 11.9 Å². The van der Waals surface area contributed by atoms with Crippen LogP contribution in [0.5, 0.6) is 6.01 Å². The van der Waals surface area contributed by atoms with Crippen molar-refractivity contribution >= 4 is 11.9 Å². The number of methoxy groups -OCH3 is 1. The fourth-order valence-corrected chi connectivity index (χ4v) is 1.66. The van der Waals surface area contributed by atoms with Crippen molar-refractivity contribution in [3.63, 3.8) is 0 Å². The third-order valence-electron chi connectivity index (χ3n) is 2.51. The largest absolute Gasteiger partial charge is 0.467 e. The van der Waals surface area contributed by atoms with E-state index in [9.17, 15) is 0 Å². The molecular weight excluding hydrogens is 222 g/mol. The van der Waals surface area contributed by atoms with Crippen LogP contribution < -0.4 is 15.4 Å². The first kappa shape index (κ1) is 11.8. The molecule has 0 spiro atoms. The number of hydrogen-bond acceptors (Lipinski definition) is 7. The summed E-state index contributed by atoms with van der Waals surface area (Å²) in [7, 11) is 3.28. The molecule has 0 bridgehead atoms. The lowest BCUT2D eigenvalue weighted by molar-refractivity contribution is 0.0873. The zero-order chi connectivity index (χ0) is 12.1. The molecule has 7 heteroatoms. The molecule has 1 aromatic heterocycles. The maximum Gasteiger partial charge on any atom is 0.322 e. The van der Waals surface area contributed by atoms with Crippen LogP contribution in [0, 0.1) is 0 Å². The first-order valence-corrected chi connectivity index (χ1v) is 5.64. The molecule has 1 saturated heterocycles. The van der Waals surface area contributed by atoms with E-state index in [1.807, 2.05) is 0 Å². The molecule has 2 heterocycles. The standard InChI is InChI=1S/C10H17N5O2/c1-11-8-13-9(15-10(14-8)16-2)12-7-4-3-5-17-6-7/h7H,3-6H2,1-2H3,(H2,11,12,13,14,15). The molecule has 17 heavy (non-hydrogen) atoms. The van der Waals surface area contributed by atoms with Crippen molar-refractivity contribution in [1.29, 1.82) is 0 Å². The average Bonchev–Trinajstić information content (AvgIpc) is 2.39. The summed E-state index contributed by atoms with van der Waals surface area (Å²) < 4.78 is 10.4. The highest BCUT2D eigenvalue weighted by Crippen LogP contribution is 2.14. The second kappa shape index (κ2) is 5.62. The van der Waals surface area contributed by atoms with Crippen molar-refractivity contribution < 1.29 is 9.47 Å². The van der Waals surface area contributed by atoms with E-state index in [2.05, 4.69) is 25.6 Å². The van der Waals surface area contributed by atoms with Gasteiger partial charge in [-0.05, 0) is 12.8 Å². The fourth-order valence-electron chi connectivity index (χ4n) is 1.66. The number of ether oxygens (including phenoxy) is 2. The number of anilines is 2. The highest BCUT2D eigenvalue weighted by atomic mass is 16.5. The van der Waals surface area contributed by atoms with E-state index in [0.29, 0.717) is 24.5 Å². The van der Waals surface area contributed by atoms with Crippen LogP contribution in [0.3, 0.4) is 0 Å². The smallest absolute Gasteiger partial charge is 0.322 e. The number of rotatable bonds is 4. The van der Waals surface area contributed by atoms with Crippen LogP contribution >= 0.6 is 0 Å². The molecule has 0 radical (unpaired) electrons. The van der Waals surface area contributed by atoms with Gasteiger partial charge >= 0.3 is 6.01 Å². The third-order valence-corrected chi connectivity index (χ3v) is 2.51. The zero-order valence-electron chi connectivity index (χ0n) is 10.1. The van der Waals surface area contributed by atoms with Crippen molar-refractivity contribution in [2.24, 2.45) is 0 Å². The van der Waals surface area contributed by atoms with E-state index in [0.717, 1.165) is 19.4 Å². The summed E-state index contributed by atoms with van der Waals surface area (Å²) >= 11 is 0. The van der Waals surface area contributed by atoms with E-state index in [1.54, 1.807) is 7.05 Å². The van der Waals surface area contributed by atoms with Crippen LogP contribution in [0.1, 0.15) is 12.8 Å². The minimum atomic E-state index is 0.251. The fraction of sp³-hybridized carbons (Fsp3) is 0.700. The summed E-state index contributed by atoms with van der Waals surface area (Å²) in [6, 6.07) is 0.546. The molecule has 1 aromatic rings. The lowest BCUT2D eigenvalue weighted by Gasteiger charge is -2.23. The Morgan fingerprint density at radius 1 is 1.29 bits per heavy atom. The molecule has 1 aliphatic heterocycles. The van der Waals surface area contributed by atoms with E-state index >= 15 is 0 Å². The van der Waals surface area contributed by atoms with E-state index in [1.165, 1.54) is 7.11 Å². The lowest BCUT2D eigenvalue weighted by atomic mass is 10.1. The normalized spacial score (nSPS) is 19.8. The van der Waals surface area contributed by atoms with Crippen LogP contribution in [0.15, 0.2) is 0 Å². The van der Waals surface area contributed by atoms with E-state index < -0.39 is 0 Å². The van der Waals surface area contributed by atoms with Crippen molar-refractivity contribution in [3.05, 3.63) is 0 Å². The summed E-state index contributed by atoms with van der Waals surface area (Å²) in [5, 5.41) is 6.09. The lowest BCUT2D eigenvalue weighted by Crippen LogP contribution is -2.30.